The molecule has 4 heteroatoms. The van der Waals surface area contributed by atoms with Crippen LogP contribution in [0.2, 0.25) is 0 Å². The number of hydrogen-bond acceptors (Lipinski definition) is 4. The van der Waals surface area contributed by atoms with E-state index in [1.54, 1.807) is 12.4 Å². The number of rotatable bonds is 2. The highest BCUT2D eigenvalue weighted by atomic mass is 14.8. The van der Waals surface area contributed by atoms with Crippen LogP contribution in [0.15, 0.2) is 60.9 Å². The van der Waals surface area contributed by atoms with Crippen LogP contribution in [0.5, 0.6) is 0 Å². The first-order valence-electron chi connectivity index (χ1n) is 6.46. The Hall–Kier alpha value is -3.19. The highest BCUT2D eigenvalue weighted by Crippen LogP contribution is 2.30. The van der Waals surface area contributed by atoms with E-state index in [0.717, 1.165) is 22.4 Å². The summed E-state index contributed by atoms with van der Waals surface area (Å²) in [6.45, 7) is 0. The van der Waals surface area contributed by atoms with Gasteiger partial charge in [-0.05, 0) is 23.8 Å². The molecular weight excluding hydrogens is 260 g/mol. The van der Waals surface area contributed by atoms with Crippen molar-refractivity contribution in [3.63, 3.8) is 0 Å². The van der Waals surface area contributed by atoms with Crippen LogP contribution >= 0.6 is 0 Å². The largest absolute Gasteiger partial charge is 0.383 e. The van der Waals surface area contributed by atoms with Gasteiger partial charge in [0.05, 0.1) is 5.69 Å². The van der Waals surface area contributed by atoms with E-state index < -0.39 is 0 Å². The molecule has 2 aromatic heterocycles. The van der Waals surface area contributed by atoms with Crippen LogP contribution in [0.1, 0.15) is 5.56 Å². The van der Waals surface area contributed by atoms with Crippen LogP contribution in [0.4, 0.5) is 5.82 Å². The molecule has 0 spiro atoms. The lowest BCUT2D eigenvalue weighted by Crippen LogP contribution is -1.99. The van der Waals surface area contributed by atoms with Crippen LogP contribution in [-0.2, 0) is 0 Å². The smallest absolute Gasteiger partial charge is 0.142 e. The zero-order valence-corrected chi connectivity index (χ0v) is 11.2. The Labute approximate surface area is 122 Å². The third-order valence-electron chi connectivity index (χ3n) is 3.22. The molecule has 0 saturated carbocycles. The summed E-state index contributed by atoms with van der Waals surface area (Å²) in [4.78, 5) is 8.34. The maximum atomic E-state index is 9.34. The van der Waals surface area contributed by atoms with E-state index in [-0.39, 0.29) is 5.82 Å². The molecule has 0 aliphatic heterocycles. The maximum absolute atomic E-state index is 9.34. The minimum absolute atomic E-state index is 0.241. The lowest BCUT2D eigenvalue weighted by atomic mass is 9.99. The molecule has 0 amide bonds. The first kappa shape index (κ1) is 12.8. The van der Waals surface area contributed by atoms with Crippen molar-refractivity contribution in [1.82, 2.24) is 9.97 Å². The maximum Gasteiger partial charge on any atom is 0.142 e. The Morgan fingerprint density at radius 2 is 1.67 bits per heavy atom. The van der Waals surface area contributed by atoms with Crippen LogP contribution in [0, 0.1) is 11.3 Å². The summed E-state index contributed by atoms with van der Waals surface area (Å²) in [5.41, 5.74) is 9.72. The molecule has 2 heterocycles. The number of nitrogens with zero attached hydrogens (tertiary/aromatic N) is 3. The normalized spacial score (nSPS) is 10.0. The van der Waals surface area contributed by atoms with E-state index in [2.05, 4.69) is 16.0 Å². The van der Waals surface area contributed by atoms with E-state index in [0.29, 0.717) is 5.56 Å². The number of nitrogens with two attached hydrogens (primary N) is 1. The molecule has 0 aliphatic rings. The second-order valence-electron chi connectivity index (χ2n) is 4.53. The first-order chi connectivity index (χ1) is 10.3. The minimum Gasteiger partial charge on any atom is -0.383 e. The van der Waals surface area contributed by atoms with Crippen LogP contribution in [0.3, 0.4) is 0 Å². The average molecular weight is 272 g/mol. The molecular formula is C17H12N4. The van der Waals surface area contributed by atoms with Crippen LogP contribution < -0.4 is 5.73 Å². The fourth-order valence-corrected chi connectivity index (χ4v) is 2.20. The van der Waals surface area contributed by atoms with Gasteiger partial charge in [0.2, 0.25) is 0 Å². The SMILES string of the molecule is N#Cc1c(-c2ccncc2)cc(-c2ccccc2)nc1N. The average Bonchev–Trinajstić information content (AvgIpc) is 2.55. The summed E-state index contributed by atoms with van der Waals surface area (Å²) in [5.74, 6) is 0.241. The Balaban J connectivity index is 2.24. The van der Waals surface area contributed by atoms with Gasteiger partial charge in [-0.3, -0.25) is 4.98 Å². The molecule has 100 valence electrons. The molecule has 0 unspecified atom stereocenters. The fourth-order valence-electron chi connectivity index (χ4n) is 2.20. The molecule has 0 saturated heterocycles. The number of hydrogen-bond donors (Lipinski definition) is 1. The van der Waals surface area contributed by atoms with Crippen molar-refractivity contribution < 1.29 is 0 Å². The van der Waals surface area contributed by atoms with Crippen LogP contribution in [-0.4, -0.2) is 9.97 Å². The number of benzene rings is 1. The molecule has 1 aromatic carbocycles. The second kappa shape index (κ2) is 5.43. The predicted octanol–water partition coefficient (Wildman–Crippen LogP) is 3.26. The number of anilines is 1. The number of nitriles is 1. The van der Waals surface area contributed by atoms with Gasteiger partial charge in [-0.15, -0.1) is 0 Å². The van der Waals surface area contributed by atoms with Crippen molar-refractivity contribution in [2.24, 2.45) is 0 Å². The van der Waals surface area contributed by atoms with Crippen molar-refractivity contribution in [3.05, 3.63) is 66.5 Å². The summed E-state index contributed by atoms with van der Waals surface area (Å²) < 4.78 is 0. The van der Waals surface area contributed by atoms with Crippen molar-refractivity contribution in [3.8, 4) is 28.5 Å². The molecule has 3 rings (SSSR count). The summed E-state index contributed by atoms with van der Waals surface area (Å²) in [6, 6.07) is 17.5. The molecule has 3 aromatic rings. The third kappa shape index (κ3) is 2.45. The van der Waals surface area contributed by atoms with E-state index in [4.69, 9.17) is 5.73 Å². The van der Waals surface area contributed by atoms with Gasteiger partial charge < -0.3 is 5.73 Å². The molecule has 4 nitrogen and oxygen atoms in total. The highest BCUT2D eigenvalue weighted by Gasteiger charge is 2.12. The van der Waals surface area contributed by atoms with Gasteiger partial charge in [-0.2, -0.15) is 5.26 Å². The Morgan fingerprint density at radius 3 is 2.33 bits per heavy atom. The number of aromatic nitrogens is 2. The lowest BCUT2D eigenvalue weighted by Gasteiger charge is -2.10. The fraction of sp³-hybridized carbons (Fsp3) is 0. The van der Waals surface area contributed by atoms with Gasteiger partial charge in [-0.1, -0.05) is 30.3 Å². The third-order valence-corrected chi connectivity index (χ3v) is 3.22. The van der Waals surface area contributed by atoms with Crippen molar-refractivity contribution >= 4 is 5.82 Å². The van der Waals surface area contributed by atoms with Gasteiger partial charge in [-0.25, -0.2) is 4.98 Å². The monoisotopic (exact) mass is 272 g/mol. The minimum atomic E-state index is 0.241. The standard InChI is InChI=1S/C17H12N4/c18-11-15-14(12-6-8-20-9-7-12)10-16(21-17(15)19)13-4-2-1-3-5-13/h1-10H,(H2,19,21). The molecule has 0 radical (unpaired) electrons. The molecule has 21 heavy (non-hydrogen) atoms. The Morgan fingerprint density at radius 1 is 0.952 bits per heavy atom. The first-order valence-corrected chi connectivity index (χ1v) is 6.46. The molecule has 0 atom stereocenters. The molecule has 0 fully saturated rings. The van der Waals surface area contributed by atoms with Crippen molar-refractivity contribution in [2.75, 3.05) is 5.73 Å². The molecule has 2 N–H and O–H groups in total. The topological polar surface area (TPSA) is 75.6 Å². The van der Waals surface area contributed by atoms with Crippen molar-refractivity contribution in [1.29, 1.82) is 5.26 Å². The van der Waals surface area contributed by atoms with E-state index in [1.165, 1.54) is 0 Å². The molecule has 0 bridgehead atoms. The summed E-state index contributed by atoms with van der Waals surface area (Å²) in [5, 5.41) is 9.34. The predicted molar refractivity (Wildman–Crippen MR) is 82.0 cm³/mol. The number of nitrogen functional groups attached to an aromatic ring is 1. The summed E-state index contributed by atoms with van der Waals surface area (Å²) in [6.07, 6.45) is 3.38. The molecule has 0 aliphatic carbocycles. The summed E-state index contributed by atoms with van der Waals surface area (Å²) in [7, 11) is 0. The highest BCUT2D eigenvalue weighted by molar-refractivity contribution is 5.79. The Bertz CT molecular complexity index is 805. The zero-order chi connectivity index (χ0) is 14.7. The van der Waals surface area contributed by atoms with E-state index in [1.807, 2.05) is 48.5 Å². The number of pyridine rings is 2. The zero-order valence-electron chi connectivity index (χ0n) is 11.2. The van der Waals surface area contributed by atoms with Gasteiger partial charge >= 0.3 is 0 Å². The quantitative estimate of drug-likeness (QED) is 0.776. The van der Waals surface area contributed by atoms with Crippen LogP contribution in [0.25, 0.3) is 22.4 Å². The Kier molecular flexibility index (Phi) is 3.32. The van der Waals surface area contributed by atoms with E-state index in [9.17, 15) is 5.26 Å². The van der Waals surface area contributed by atoms with Gasteiger partial charge in [0.15, 0.2) is 0 Å². The summed E-state index contributed by atoms with van der Waals surface area (Å²) >= 11 is 0. The second-order valence-corrected chi connectivity index (χ2v) is 4.53. The lowest BCUT2D eigenvalue weighted by molar-refractivity contribution is 1.29. The van der Waals surface area contributed by atoms with E-state index >= 15 is 0 Å². The van der Waals surface area contributed by atoms with Gasteiger partial charge in [0.1, 0.15) is 17.5 Å². The van der Waals surface area contributed by atoms with Gasteiger partial charge in [0, 0.05) is 23.5 Å². The van der Waals surface area contributed by atoms with Gasteiger partial charge in [0.25, 0.3) is 0 Å². The van der Waals surface area contributed by atoms with Crippen molar-refractivity contribution in [2.45, 2.75) is 0 Å².